The van der Waals surface area contributed by atoms with Crippen molar-refractivity contribution in [3.05, 3.63) is 105 Å². The maximum Gasteiger partial charge on any atom is 0.294 e. The number of anilines is 1. The van der Waals surface area contributed by atoms with Crippen LogP contribution in [0.4, 0.5) is 5.69 Å². The number of benzene rings is 2. The summed E-state index contributed by atoms with van der Waals surface area (Å²) < 4.78 is 6.59. The number of carbonyl (C=O) groups is 2. The first-order chi connectivity index (χ1) is 15.4. The molecule has 2 aromatic carbocycles. The van der Waals surface area contributed by atoms with Gasteiger partial charge in [0.1, 0.15) is 5.58 Å². The number of nitrogens with zero attached hydrogens (tertiary/aromatic N) is 2. The molecule has 8 heteroatoms. The smallest absolute Gasteiger partial charge is 0.294 e. The predicted molar refractivity (Wildman–Crippen MR) is 124 cm³/mol. The molecule has 0 fully saturated rings. The molecule has 4 aromatic rings. The van der Waals surface area contributed by atoms with Gasteiger partial charge in [0.2, 0.25) is 5.78 Å². The average molecular weight is 510 g/mol. The Morgan fingerprint density at radius 2 is 1.78 bits per heavy atom. The molecule has 0 saturated heterocycles. The van der Waals surface area contributed by atoms with Crippen LogP contribution >= 0.6 is 27.5 Å². The van der Waals surface area contributed by atoms with Crippen LogP contribution in [0.15, 0.2) is 93.3 Å². The van der Waals surface area contributed by atoms with Crippen LogP contribution in [-0.2, 0) is 4.79 Å². The highest BCUT2D eigenvalue weighted by Gasteiger charge is 2.45. The van der Waals surface area contributed by atoms with Crippen LogP contribution in [0.1, 0.15) is 22.2 Å². The Kier molecular flexibility index (Phi) is 5.07. The van der Waals surface area contributed by atoms with Gasteiger partial charge in [-0.3, -0.25) is 19.5 Å². The Bertz CT molecular complexity index is 1400. The van der Waals surface area contributed by atoms with E-state index in [1.807, 2.05) is 6.07 Å². The Morgan fingerprint density at radius 1 is 1.06 bits per heavy atom. The van der Waals surface area contributed by atoms with Crippen molar-refractivity contribution in [3.63, 3.8) is 0 Å². The highest BCUT2D eigenvalue weighted by molar-refractivity contribution is 9.10. The van der Waals surface area contributed by atoms with Crippen molar-refractivity contribution in [2.45, 2.75) is 6.04 Å². The number of amides is 1. The van der Waals surface area contributed by atoms with Crippen LogP contribution in [0.2, 0.25) is 5.02 Å². The molecule has 0 saturated carbocycles. The zero-order chi connectivity index (χ0) is 22.4. The highest BCUT2D eigenvalue weighted by Crippen LogP contribution is 2.42. The van der Waals surface area contributed by atoms with Crippen LogP contribution in [0, 0.1) is 0 Å². The molecule has 0 bridgehead atoms. The molecule has 158 valence electrons. The zero-order valence-electron chi connectivity index (χ0n) is 16.3. The normalized spacial score (nSPS) is 16.2. The predicted octanol–water partition coefficient (Wildman–Crippen LogP) is 6.03. The van der Waals surface area contributed by atoms with Crippen molar-refractivity contribution in [3.8, 4) is 0 Å². The van der Waals surface area contributed by atoms with Crippen LogP contribution < -0.4 is 4.90 Å². The molecule has 1 aliphatic rings. The summed E-state index contributed by atoms with van der Waals surface area (Å²) in [7, 11) is 0. The maximum absolute atomic E-state index is 13.5. The monoisotopic (exact) mass is 508 g/mol. The Labute approximate surface area is 195 Å². The van der Waals surface area contributed by atoms with Gasteiger partial charge in [0.25, 0.3) is 5.91 Å². The quantitative estimate of drug-likeness (QED) is 0.340. The van der Waals surface area contributed by atoms with Gasteiger partial charge in [-0.05, 0) is 66.2 Å². The zero-order valence-corrected chi connectivity index (χ0v) is 18.7. The maximum atomic E-state index is 13.5. The van der Waals surface area contributed by atoms with Gasteiger partial charge < -0.3 is 9.52 Å². The third-order valence-corrected chi connectivity index (χ3v) is 6.03. The molecule has 6 nitrogen and oxygen atoms in total. The number of ketones is 1. The number of Topliss-reactive ketones (excluding diaryl/α,β-unsaturated/α-hetero) is 1. The standard InChI is InChI=1S/C24H14BrClN2O4/c25-15-1-6-18-14(11-15)12-19(32-18)22(29)20-21(13-7-9-27-10-8-13)28(24(31)23(20)30)17-4-2-16(26)3-5-17/h1-12,21,30H. The van der Waals surface area contributed by atoms with Crippen molar-refractivity contribution in [2.75, 3.05) is 4.90 Å². The SMILES string of the molecule is O=C(C1=C(O)C(=O)N(c2ccc(Cl)cc2)C1c1ccncc1)c1cc2cc(Br)ccc2o1. The van der Waals surface area contributed by atoms with E-state index in [-0.39, 0.29) is 11.3 Å². The second-order valence-corrected chi connectivity index (χ2v) is 8.57. The molecular formula is C24H14BrClN2O4. The van der Waals surface area contributed by atoms with Gasteiger partial charge in [0.05, 0.1) is 11.6 Å². The fraction of sp³-hybridized carbons (Fsp3) is 0.0417. The molecule has 0 aliphatic carbocycles. The van der Waals surface area contributed by atoms with Crippen molar-refractivity contribution in [2.24, 2.45) is 0 Å². The Morgan fingerprint density at radius 3 is 2.50 bits per heavy atom. The van der Waals surface area contributed by atoms with Gasteiger partial charge >= 0.3 is 0 Å². The van der Waals surface area contributed by atoms with Crippen LogP contribution in [0.5, 0.6) is 0 Å². The number of aliphatic hydroxyl groups excluding tert-OH is 1. The number of furan rings is 1. The van der Waals surface area contributed by atoms with Gasteiger partial charge in [0.15, 0.2) is 11.5 Å². The summed E-state index contributed by atoms with van der Waals surface area (Å²) >= 11 is 9.40. The van der Waals surface area contributed by atoms with E-state index in [1.54, 1.807) is 67.0 Å². The van der Waals surface area contributed by atoms with Gasteiger partial charge in [-0.1, -0.05) is 27.5 Å². The molecule has 0 radical (unpaired) electrons. The lowest BCUT2D eigenvalue weighted by atomic mass is 9.95. The van der Waals surface area contributed by atoms with E-state index >= 15 is 0 Å². The van der Waals surface area contributed by atoms with E-state index in [4.69, 9.17) is 16.0 Å². The fourth-order valence-corrected chi connectivity index (χ4v) is 4.33. The second-order valence-electron chi connectivity index (χ2n) is 7.22. The van der Waals surface area contributed by atoms with E-state index in [2.05, 4.69) is 20.9 Å². The number of rotatable bonds is 4. The molecule has 5 rings (SSSR count). The fourth-order valence-electron chi connectivity index (χ4n) is 3.83. The molecule has 1 N–H and O–H groups in total. The van der Waals surface area contributed by atoms with Crippen molar-refractivity contribution < 1.29 is 19.1 Å². The molecule has 2 aromatic heterocycles. The summed E-state index contributed by atoms with van der Waals surface area (Å²) in [6.45, 7) is 0. The van der Waals surface area contributed by atoms with Gasteiger partial charge in [-0.15, -0.1) is 0 Å². The third kappa shape index (κ3) is 3.39. The summed E-state index contributed by atoms with van der Waals surface area (Å²) in [5.74, 6) is -1.84. The first kappa shape index (κ1) is 20.5. The molecule has 0 spiro atoms. The first-order valence-electron chi connectivity index (χ1n) is 9.60. The Balaban J connectivity index is 1.65. The van der Waals surface area contributed by atoms with E-state index in [0.717, 1.165) is 9.86 Å². The van der Waals surface area contributed by atoms with Crippen molar-refractivity contribution >= 4 is 55.9 Å². The number of carbonyl (C=O) groups excluding carboxylic acids is 2. The number of hydrogen-bond acceptors (Lipinski definition) is 5. The molecule has 3 heterocycles. The lowest BCUT2D eigenvalue weighted by molar-refractivity contribution is -0.117. The Hall–Kier alpha value is -3.42. The van der Waals surface area contributed by atoms with E-state index in [1.165, 1.54) is 4.90 Å². The molecule has 1 unspecified atom stereocenters. The van der Waals surface area contributed by atoms with Crippen LogP contribution in [0.25, 0.3) is 11.0 Å². The number of fused-ring (bicyclic) bond motifs is 1. The summed E-state index contributed by atoms with van der Waals surface area (Å²) in [5.41, 5.74) is 1.57. The lowest BCUT2D eigenvalue weighted by Gasteiger charge is -2.26. The first-order valence-corrected chi connectivity index (χ1v) is 10.8. The minimum atomic E-state index is -0.862. The number of aromatic nitrogens is 1. The topological polar surface area (TPSA) is 83.6 Å². The van der Waals surface area contributed by atoms with Crippen LogP contribution in [0.3, 0.4) is 0 Å². The summed E-state index contributed by atoms with van der Waals surface area (Å²) in [5, 5.41) is 12.0. The van der Waals surface area contributed by atoms with Gasteiger partial charge in [-0.25, -0.2) is 0 Å². The minimum Gasteiger partial charge on any atom is -0.503 e. The van der Waals surface area contributed by atoms with Crippen molar-refractivity contribution in [1.29, 1.82) is 0 Å². The second kappa shape index (κ2) is 7.93. The van der Waals surface area contributed by atoms with Crippen molar-refractivity contribution in [1.82, 2.24) is 4.98 Å². The molecule has 1 aliphatic heterocycles. The lowest BCUT2D eigenvalue weighted by Crippen LogP contribution is -2.31. The number of halogens is 2. The van der Waals surface area contributed by atoms with Crippen LogP contribution in [-0.4, -0.2) is 21.8 Å². The summed E-state index contributed by atoms with van der Waals surface area (Å²) in [6.07, 6.45) is 3.13. The molecule has 32 heavy (non-hydrogen) atoms. The number of aliphatic hydroxyl groups is 1. The minimum absolute atomic E-state index is 0.0319. The third-order valence-electron chi connectivity index (χ3n) is 5.28. The molecular weight excluding hydrogens is 496 g/mol. The molecule has 1 atom stereocenters. The number of pyridine rings is 1. The summed E-state index contributed by atoms with van der Waals surface area (Å²) in [6, 6.07) is 16.1. The van der Waals surface area contributed by atoms with E-state index in [9.17, 15) is 14.7 Å². The van der Waals surface area contributed by atoms with E-state index < -0.39 is 23.5 Å². The molecule has 1 amide bonds. The van der Waals surface area contributed by atoms with Gasteiger partial charge in [-0.2, -0.15) is 0 Å². The van der Waals surface area contributed by atoms with E-state index in [0.29, 0.717) is 21.9 Å². The largest absolute Gasteiger partial charge is 0.503 e. The summed E-state index contributed by atoms with van der Waals surface area (Å²) in [4.78, 5) is 32.0. The number of hydrogen-bond donors (Lipinski definition) is 1. The highest BCUT2D eigenvalue weighted by atomic mass is 79.9. The van der Waals surface area contributed by atoms with Gasteiger partial charge in [0, 0.05) is 33.0 Å². The average Bonchev–Trinajstić information content (AvgIpc) is 3.33.